The van der Waals surface area contributed by atoms with Gasteiger partial charge in [0.25, 0.3) is 15.9 Å². The molecule has 1 heterocycles. The number of hydrogen-bond acceptors (Lipinski definition) is 5. The minimum Gasteiger partial charge on any atom is -0.481 e. The zero-order valence-electron chi connectivity index (χ0n) is 15.4. The Kier molecular flexibility index (Phi) is 6.08. The van der Waals surface area contributed by atoms with Crippen LogP contribution < -0.4 is 14.8 Å². The number of benzene rings is 2. The molecule has 0 unspecified atom stereocenters. The maximum atomic E-state index is 12.9. The van der Waals surface area contributed by atoms with E-state index in [0.717, 1.165) is 0 Å². The molecule has 0 spiro atoms. The number of pyridine rings is 1. The number of amides is 1. The minimum absolute atomic E-state index is 0.0370. The lowest BCUT2D eigenvalue weighted by molar-refractivity contribution is -0.122. The molecule has 0 saturated carbocycles. The summed E-state index contributed by atoms with van der Waals surface area (Å²) in [6.45, 7) is 1.55. The van der Waals surface area contributed by atoms with E-state index in [4.69, 9.17) is 4.74 Å². The summed E-state index contributed by atoms with van der Waals surface area (Å²) in [6, 6.07) is 14.2. The van der Waals surface area contributed by atoms with E-state index in [-0.39, 0.29) is 4.90 Å². The molecule has 2 aromatic carbocycles. The van der Waals surface area contributed by atoms with Gasteiger partial charge in [0.15, 0.2) is 6.10 Å². The highest BCUT2D eigenvalue weighted by Gasteiger charge is 2.17. The van der Waals surface area contributed by atoms with Crippen molar-refractivity contribution in [2.45, 2.75) is 17.9 Å². The van der Waals surface area contributed by atoms with Crippen LogP contribution in [0.5, 0.6) is 5.75 Å². The molecule has 0 fully saturated rings. The van der Waals surface area contributed by atoms with Crippen LogP contribution in [-0.2, 0) is 14.8 Å². The van der Waals surface area contributed by atoms with Crippen LogP contribution in [0.4, 0.5) is 15.8 Å². The Morgan fingerprint density at radius 2 is 1.72 bits per heavy atom. The van der Waals surface area contributed by atoms with E-state index in [0.29, 0.717) is 17.1 Å². The number of carbonyl (C=O) groups excluding carboxylic acids is 1. The third-order valence-corrected chi connectivity index (χ3v) is 5.24. The van der Waals surface area contributed by atoms with Crippen molar-refractivity contribution < 1.29 is 22.3 Å². The molecular formula is C20H18FN3O4S. The largest absolute Gasteiger partial charge is 0.481 e. The topological polar surface area (TPSA) is 97.4 Å². The van der Waals surface area contributed by atoms with Crippen molar-refractivity contribution in [3.8, 4) is 5.75 Å². The van der Waals surface area contributed by atoms with Crippen LogP contribution in [-0.4, -0.2) is 25.4 Å². The van der Waals surface area contributed by atoms with Gasteiger partial charge in [0, 0.05) is 11.9 Å². The van der Waals surface area contributed by atoms with Gasteiger partial charge >= 0.3 is 0 Å². The Bertz CT molecular complexity index is 1070. The summed E-state index contributed by atoms with van der Waals surface area (Å²) in [5.74, 6) is -0.474. The number of ether oxygens (including phenoxy) is 1. The van der Waals surface area contributed by atoms with Crippen molar-refractivity contribution in [2.75, 3.05) is 10.0 Å². The van der Waals surface area contributed by atoms with E-state index in [2.05, 4.69) is 15.0 Å². The predicted molar refractivity (Wildman–Crippen MR) is 107 cm³/mol. The molecule has 9 heteroatoms. The fourth-order valence-corrected chi connectivity index (χ4v) is 3.41. The molecule has 0 bridgehead atoms. The van der Waals surface area contributed by atoms with Gasteiger partial charge in [0.05, 0.1) is 16.8 Å². The van der Waals surface area contributed by atoms with Crippen LogP contribution in [0.2, 0.25) is 0 Å². The molecule has 2 N–H and O–H groups in total. The quantitative estimate of drug-likeness (QED) is 0.616. The van der Waals surface area contributed by atoms with Crippen molar-refractivity contribution in [1.82, 2.24) is 4.98 Å². The lowest BCUT2D eigenvalue weighted by Crippen LogP contribution is -2.30. The van der Waals surface area contributed by atoms with Crippen LogP contribution >= 0.6 is 0 Å². The van der Waals surface area contributed by atoms with Crippen LogP contribution in [0.15, 0.2) is 78.0 Å². The van der Waals surface area contributed by atoms with Crippen molar-refractivity contribution >= 4 is 27.3 Å². The van der Waals surface area contributed by atoms with E-state index in [1.54, 1.807) is 19.1 Å². The lowest BCUT2D eigenvalue weighted by Gasteiger charge is -2.15. The molecule has 29 heavy (non-hydrogen) atoms. The smallest absolute Gasteiger partial charge is 0.265 e. The average molecular weight is 415 g/mol. The fourth-order valence-electron chi connectivity index (χ4n) is 2.37. The molecule has 0 aliphatic carbocycles. The summed E-state index contributed by atoms with van der Waals surface area (Å²) in [7, 11) is -3.78. The number of rotatable bonds is 7. The second-order valence-corrected chi connectivity index (χ2v) is 7.76. The zero-order valence-corrected chi connectivity index (χ0v) is 16.2. The van der Waals surface area contributed by atoms with Crippen molar-refractivity contribution in [3.63, 3.8) is 0 Å². The van der Waals surface area contributed by atoms with E-state index >= 15 is 0 Å². The van der Waals surface area contributed by atoms with E-state index < -0.39 is 27.9 Å². The van der Waals surface area contributed by atoms with Gasteiger partial charge in [-0.1, -0.05) is 0 Å². The normalized spacial score (nSPS) is 12.1. The second-order valence-electron chi connectivity index (χ2n) is 6.07. The number of nitrogens with zero attached hydrogens (tertiary/aromatic N) is 1. The predicted octanol–water partition coefficient (Wildman–Crippen LogP) is 3.43. The molecular weight excluding hydrogens is 397 g/mol. The highest BCUT2D eigenvalue weighted by molar-refractivity contribution is 7.92. The number of nitrogens with one attached hydrogen (secondary N) is 2. The first-order valence-electron chi connectivity index (χ1n) is 8.59. The SMILES string of the molecule is C[C@@H](Oc1ccc(F)cc1)C(=O)Nc1ccc(S(=O)(=O)Nc2cccnc2)cc1. The van der Waals surface area contributed by atoms with E-state index in [1.807, 2.05) is 0 Å². The average Bonchev–Trinajstić information content (AvgIpc) is 2.70. The van der Waals surface area contributed by atoms with E-state index in [1.165, 1.54) is 60.9 Å². The first-order chi connectivity index (χ1) is 13.8. The Morgan fingerprint density at radius 3 is 2.34 bits per heavy atom. The highest BCUT2D eigenvalue weighted by Crippen LogP contribution is 2.18. The molecule has 0 aliphatic heterocycles. The van der Waals surface area contributed by atoms with Crippen molar-refractivity contribution in [3.05, 3.63) is 78.9 Å². The molecule has 1 aromatic heterocycles. The van der Waals surface area contributed by atoms with Crippen LogP contribution in [0.1, 0.15) is 6.92 Å². The van der Waals surface area contributed by atoms with Gasteiger partial charge in [-0.15, -0.1) is 0 Å². The number of carbonyl (C=O) groups is 1. The third-order valence-electron chi connectivity index (χ3n) is 3.84. The van der Waals surface area contributed by atoms with Gasteiger partial charge in [-0.05, 0) is 67.6 Å². The lowest BCUT2D eigenvalue weighted by atomic mass is 10.3. The summed E-state index contributed by atoms with van der Waals surface area (Å²) in [6.07, 6.45) is 2.10. The minimum atomic E-state index is -3.78. The van der Waals surface area contributed by atoms with Crippen molar-refractivity contribution in [2.24, 2.45) is 0 Å². The van der Waals surface area contributed by atoms with Gasteiger partial charge in [0.1, 0.15) is 11.6 Å². The molecule has 7 nitrogen and oxygen atoms in total. The Balaban J connectivity index is 1.62. The Hall–Kier alpha value is -3.46. The van der Waals surface area contributed by atoms with Gasteiger partial charge in [-0.25, -0.2) is 12.8 Å². The molecule has 0 saturated heterocycles. The monoisotopic (exact) mass is 415 g/mol. The van der Waals surface area contributed by atoms with Gasteiger partial charge in [-0.3, -0.25) is 14.5 Å². The molecule has 3 rings (SSSR count). The van der Waals surface area contributed by atoms with E-state index in [9.17, 15) is 17.6 Å². The number of hydrogen-bond donors (Lipinski definition) is 2. The third kappa shape index (κ3) is 5.52. The van der Waals surface area contributed by atoms with Gasteiger partial charge in [0.2, 0.25) is 0 Å². The van der Waals surface area contributed by atoms with Crippen LogP contribution in [0.3, 0.4) is 0 Å². The number of halogens is 1. The maximum absolute atomic E-state index is 12.9. The molecule has 1 atom stereocenters. The van der Waals surface area contributed by atoms with Crippen molar-refractivity contribution in [1.29, 1.82) is 0 Å². The number of anilines is 2. The summed E-state index contributed by atoms with van der Waals surface area (Å²) in [5.41, 5.74) is 0.751. The standard InChI is InChI=1S/C20H18FN3O4S/c1-14(28-18-8-4-15(21)5-9-18)20(25)23-16-6-10-19(11-7-16)29(26,27)24-17-3-2-12-22-13-17/h2-14,24H,1H3,(H,23,25)/t14-/m1/s1. The Labute approximate surface area is 167 Å². The first kappa shape index (κ1) is 20.3. The van der Waals surface area contributed by atoms with Crippen LogP contribution in [0, 0.1) is 5.82 Å². The summed E-state index contributed by atoms with van der Waals surface area (Å²) >= 11 is 0. The molecule has 0 radical (unpaired) electrons. The van der Waals surface area contributed by atoms with Crippen LogP contribution in [0.25, 0.3) is 0 Å². The number of aromatic nitrogens is 1. The molecule has 0 aliphatic rings. The highest BCUT2D eigenvalue weighted by atomic mass is 32.2. The molecule has 150 valence electrons. The van der Waals surface area contributed by atoms with Gasteiger partial charge < -0.3 is 10.1 Å². The summed E-state index contributed by atoms with van der Waals surface area (Å²) in [5, 5.41) is 2.64. The molecule has 3 aromatic rings. The second kappa shape index (κ2) is 8.70. The first-order valence-corrected chi connectivity index (χ1v) is 10.1. The maximum Gasteiger partial charge on any atom is 0.265 e. The summed E-state index contributed by atoms with van der Waals surface area (Å²) in [4.78, 5) is 16.2. The van der Waals surface area contributed by atoms with Gasteiger partial charge in [-0.2, -0.15) is 0 Å². The Morgan fingerprint density at radius 1 is 1.03 bits per heavy atom. The molecule has 1 amide bonds. The zero-order chi connectivity index (χ0) is 20.9. The summed E-state index contributed by atoms with van der Waals surface area (Å²) < 4.78 is 45.6. The number of sulfonamides is 1. The fraction of sp³-hybridized carbons (Fsp3) is 0.100.